The van der Waals surface area contributed by atoms with Crippen LogP contribution >= 0.6 is 0 Å². The highest BCUT2D eigenvalue weighted by atomic mass is 32.2. The number of nitrogen functional groups attached to an aromatic ring is 1. The van der Waals surface area contributed by atoms with Gasteiger partial charge in [-0.3, -0.25) is 4.79 Å². The molecular formula is C29H34N6O7S2. The van der Waals surface area contributed by atoms with Crippen LogP contribution < -0.4 is 36.1 Å². The number of sulfonamides is 2. The summed E-state index contributed by atoms with van der Waals surface area (Å²) >= 11 is 0. The zero-order valence-corrected chi connectivity index (χ0v) is 25.9. The van der Waals surface area contributed by atoms with E-state index in [-0.39, 0.29) is 18.2 Å². The van der Waals surface area contributed by atoms with E-state index in [0.717, 1.165) is 16.8 Å². The molecule has 1 heterocycles. The number of carbonyl (C=O) groups is 1. The second kappa shape index (κ2) is 13.1. The Kier molecular flexibility index (Phi) is 9.63. The zero-order chi connectivity index (χ0) is 32.2. The highest BCUT2D eigenvalue weighted by Crippen LogP contribution is 2.33. The molecule has 3 aromatic carbocycles. The van der Waals surface area contributed by atoms with Crippen LogP contribution in [0.5, 0.6) is 11.5 Å². The summed E-state index contributed by atoms with van der Waals surface area (Å²) in [6.07, 6.45) is 1.46. The lowest BCUT2D eigenvalue weighted by Gasteiger charge is -2.22. The molecule has 0 aliphatic heterocycles. The zero-order valence-electron chi connectivity index (χ0n) is 24.3. The van der Waals surface area contributed by atoms with Gasteiger partial charge < -0.3 is 25.8 Å². The lowest BCUT2D eigenvalue weighted by atomic mass is 10.0. The van der Waals surface area contributed by atoms with Gasteiger partial charge in [0.2, 0.25) is 26.0 Å². The number of amides is 1. The summed E-state index contributed by atoms with van der Waals surface area (Å²) in [6.45, 7) is 5.71. The van der Waals surface area contributed by atoms with Gasteiger partial charge in [0.25, 0.3) is 0 Å². The largest absolute Gasteiger partial charge is 0.490 e. The van der Waals surface area contributed by atoms with E-state index in [4.69, 9.17) is 25.5 Å². The maximum Gasteiger partial charge on any atom is 0.247 e. The summed E-state index contributed by atoms with van der Waals surface area (Å²) in [7, 11) is -8.55. The van der Waals surface area contributed by atoms with Crippen molar-refractivity contribution >= 4 is 48.2 Å². The standard InChI is InChI=1S/C29H34N6O7S2/c1-4-41-26-14-20(5-8-25(26)42-17(2)3)27(35-21-6-7-24-19(13-21)9-10-33-28(24)30)29(36)34-16-18-11-22(43(31,37)38)15-23(12-18)44(32,39)40/h5-15,17,27,35H,4,16H2,1-3H3,(H2,30,33)(H,34,36)(H2,31,37,38)(H2,32,39,40). The molecule has 234 valence electrons. The van der Waals surface area contributed by atoms with Crippen molar-refractivity contribution in [1.29, 1.82) is 0 Å². The van der Waals surface area contributed by atoms with Gasteiger partial charge in [-0.05, 0) is 91.9 Å². The molecule has 0 bridgehead atoms. The third-order valence-electron chi connectivity index (χ3n) is 6.40. The van der Waals surface area contributed by atoms with E-state index in [1.54, 1.807) is 42.6 Å². The Balaban J connectivity index is 1.72. The molecule has 0 aliphatic carbocycles. The first-order valence-corrected chi connectivity index (χ1v) is 16.6. The second-order valence-electron chi connectivity index (χ2n) is 10.1. The Morgan fingerprint density at radius 2 is 1.59 bits per heavy atom. The Labute approximate surface area is 255 Å². The molecule has 44 heavy (non-hydrogen) atoms. The molecule has 1 atom stereocenters. The number of nitrogens with one attached hydrogen (secondary N) is 2. The van der Waals surface area contributed by atoms with Gasteiger partial charge in [0, 0.05) is 23.8 Å². The number of primary sulfonamides is 2. The summed E-state index contributed by atoms with van der Waals surface area (Å²) in [4.78, 5) is 16.9. The Bertz CT molecular complexity index is 1860. The number of ether oxygens (including phenoxy) is 2. The van der Waals surface area contributed by atoms with E-state index in [9.17, 15) is 21.6 Å². The molecule has 0 saturated heterocycles. The van der Waals surface area contributed by atoms with Gasteiger partial charge >= 0.3 is 0 Å². The highest BCUT2D eigenvalue weighted by Gasteiger charge is 2.24. The van der Waals surface area contributed by atoms with Gasteiger partial charge in [-0.2, -0.15) is 0 Å². The van der Waals surface area contributed by atoms with Crippen LogP contribution in [0.3, 0.4) is 0 Å². The Hall–Kier alpha value is -4.44. The highest BCUT2D eigenvalue weighted by molar-refractivity contribution is 7.90. The number of nitrogens with two attached hydrogens (primary N) is 3. The molecule has 4 aromatic rings. The van der Waals surface area contributed by atoms with Crippen LogP contribution in [0.4, 0.5) is 11.5 Å². The topological polar surface area (TPSA) is 219 Å². The van der Waals surface area contributed by atoms with Gasteiger partial charge in [-0.25, -0.2) is 32.1 Å². The van der Waals surface area contributed by atoms with E-state index in [1.807, 2.05) is 26.8 Å². The maximum absolute atomic E-state index is 13.8. The van der Waals surface area contributed by atoms with E-state index in [1.165, 1.54) is 12.1 Å². The van der Waals surface area contributed by atoms with Crippen LogP contribution in [-0.4, -0.2) is 40.4 Å². The average molecular weight is 643 g/mol. The van der Waals surface area contributed by atoms with Crippen molar-refractivity contribution in [2.45, 2.75) is 49.3 Å². The van der Waals surface area contributed by atoms with E-state index in [0.29, 0.717) is 35.2 Å². The summed E-state index contributed by atoms with van der Waals surface area (Å²) in [5.74, 6) is 0.798. The fraction of sp³-hybridized carbons (Fsp3) is 0.241. The second-order valence-corrected chi connectivity index (χ2v) is 13.3. The summed E-state index contributed by atoms with van der Waals surface area (Å²) < 4.78 is 59.7. The predicted molar refractivity (Wildman–Crippen MR) is 167 cm³/mol. The van der Waals surface area contributed by atoms with Crippen LogP contribution in [0.15, 0.2) is 76.7 Å². The van der Waals surface area contributed by atoms with Crippen molar-refractivity contribution in [1.82, 2.24) is 10.3 Å². The molecule has 0 fully saturated rings. The smallest absolute Gasteiger partial charge is 0.247 e. The number of anilines is 2. The fourth-order valence-corrected chi connectivity index (χ4v) is 5.72. The van der Waals surface area contributed by atoms with E-state index < -0.39 is 41.8 Å². The molecule has 4 rings (SSSR count). The van der Waals surface area contributed by atoms with Gasteiger partial charge in [0.1, 0.15) is 11.9 Å². The van der Waals surface area contributed by atoms with Crippen molar-refractivity contribution in [3.05, 3.63) is 78.0 Å². The number of aromatic nitrogens is 1. The van der Waals surface area contributed by atoms with Crippen molar-refractivity contribution in [2.75, 3.05) is 17.7 Å². The molecule has 13 nitrogen and oxygen atoms in total. The van der Waals surface area contributed by atoms with Crippen molar-refractivity contribution < 1.29 is 31.1 Å². The molecule has 1 aromatic heterocycles. The first kappa shape index (κ1) is 32.5. The van der Waals surface area contributed by atoms with E-state index >= 15 is 0 Å². The molecule has 15 heteroatoms. The molecule has 1 amide bonds. The number of benzene rings is 3. The van der Waals surface area contributed by atoms with Crippen LogP contribution in [0.25, 0.3) is 10.8 Å². The number of fused-ring (bicyclic) bond motifs is 1. The minimum Gasteiger partial charge on any atom is -0.490 e. The number of rotatable bonds is 12. The van der Waals surface area contributed by atoms with Crippen molar-refractivity contribution in [3.63, 3.8) is 0 Å². The van der Waals surface area contributed by atoms with Crippen LogP contribution in [-0.2, 0) is 31.4 Å². The molecule has 1 unspecified atom stereocenters. The van der Waals surface area contributed by atoms with Crippen LogP contribution in [0, 0.1) is 0 Å². The molecule has 0 saturated carbocycles. The minimum absolute atomic E-state index is 0.118. The lowest BCUT2D eigenvalue weighted by Crippen LogP contribution is -2.33. The summed E-state index contributed by atoms with van der Waals surface area (Å²) in [5.41, 5.74) is 7.27. The molecule has 0 spiro atoms. The normalized spacial score (nSPS) is 12.6. The Morgan fingerprint density at radius 3 is 2.20 bits per heavy atom. The third-order valence-corrected chi connectivity index (χ3v) is 8.18. The number of hydrogen-bond acceptors (Lipinski definition) is 10. The number of pyridine rings is 1. The molecule has 8 N–H and O–H groups in total. The first-order valence-electron chi connectivity index (χ1n) is 13.5. The SMILES string of the molecule is CCOc1cc(C(Nc2ccc3c(N)nccc3c2)C(=O)NCc2cc(S(N)(=O)=O)cc(S(N)(=O)=O)c2)ccc1OC(C)C. The number of hydrogen-bond donors (Lipinski definition) is 5. The maximum atomic E-state index is 13.8. The number of carbonyl (C=O) groups excluding carboxylic acids is 1. The number of nitrogens with zero attached hydrogens (tertiary/aromatic N) is 1. The van der Waals surface area contributed by atoms with Gasteiger partial charge in [-0.1, -0.05) is 6.07 Å². The van der Waals surface area contributed by atoms with Crippen molar-refractivity contribution in [3.8, 4) is 11.5 Å². The fourth-order valence-electron chi connectivity index (χ4n) is 4.43. The third kappa shape index (κ3) is 7.93. The van der Waals surface area contributed by atoms with Gasteiger partial charge in [-0.15, -0.1) is 0 Å². The summed E-state index contributed by atoms with van der Waals surface area (Å²) in [6, 6.07) is 14.5. The quantitative estimate of drug-likeness (QED) is 0.152. The van der Waals surface area contributed by atoms with Crippen molar-refractivity contribution in [2.24, 2.45) is 10.3 Å². The lowest BCUT2D eigenvalue weighted by molar-refractivity contribution is -0.122. The monoisotopic (exact) mass is 642 g/mol. The van der Waals surface area contributed by atoms with Gasteiger partial charge in [0.05, 0.1) is 22.5 Å². The predicted octanol–water partition coefficient (Wildman–Crippen LogP) is 2.77. The first-order chi connectivity index (χ1) is 20.7. The van der Waals surface area contributed by atoms with E-state index in [2.05, 4.69) is 15.6 Å². The van der Waals surface area contributed by atoms with Gasteiger partial charge in [0.15, 0.2) is 11.5 Å². The minimum atomic E-state index is -4.28. The summed E-state index contributed by atoms with van der Waals surface area (Å²) in [5, 5.41) is 18.0. The molecular weight excluding hydrogens is 608 g/mol. The molecule has 0 radical (unpaired) electrons. The average Bonchev–Trinajstić information content (AvgIpc) is 2.94. The molecule has 0 aliphatic rings. The Morgan fingerprint density at radius 1 is 0.909 bits per heavy atom. The van der Waals surface area contributed by atoms with Crippen LogP contribution in [0.1, 0.15) is 37.9 Å². The van der Waals surface area contributed by atoms with Crippen LogP contribution in [0.2, 0.25) is 0 Å².